The van der Waals surface area contributed by atoms with E-state index in [1.54, 1.807) is 0 Å². The molecule has 2 N–H and O–H groups in total. The molecule has 0 amide bonds. The molecule has 1 aromatic heterocycles. The zero-order chi connectivity index (χ0) is 9.14. The van der Waals surface area contributed by atoms with Gasteiger partial charge < -0.3 is 5.73 Å². The Morgan fingerprint density at radius 3 is 2.75 bits per heavy atom. The van der Waals surface area contributed by atoms with Crippen molar-refractivity contribution in [1.29, 1.82) is 0 Å². The number of nitrogens with zero attached hydrogens (tertiary/aromatic N) is 2. The smallest absolute Gasteiger partial charge is 0.0521 e. The van der Waals surface area contributed by atoms with E-state index in [-0.39, 0.29) is 0 Å². The summed E-state index contributed by atoms with van der Waals surface area (Å²) in [5.41, 5.74) is 8.07. The summed E-state index contributed by atoms with van der Waals surface area (Å²) in [6.45, 7) is 5.03. The highest BCUT2D eigenvalue weighted by Gasteiger charge is 2.11. The van der Waals surface area contributed by atoms with Gasteiger partial charge >= 0.3 is 0 Å². The van der Waals surface area contributed by atoms with Crippen LogP contribution in [0, 0.1) is 6.92 Å². The maximum Gasteiger partial charge on any atom is 0.0521 e. The topological polar surface area (TPSA) is 43.8 Å². The lowest BCUT2D eigenvalue weighted by molar-refractivity contribution is 0.604. The Bertz CT molecular complexity index is 233. The van der Waals surface area contributed by atoms with Crippen LogP contribution >= 0.6 is 0 Å². The molecule has 0 saturated heterocycles. The Morgan fingerprint density at radius 1 is 1.67 bits per heavy atom. The van der Waals surface area contributed by atoms with E-state index in [9.17, 15) is 0 Å². The van der Waals surface area contributed by atoms with Crippen LogP contribution in [0.1, 0.15) is 30.5 Å². The van der Waals surface area contributed by atoms with Gasteiger partial charge in [-0.3, -0.25) is 4.68 Å². The molecule has 1 rings (SSSR count). The molecular weight excluding hydrogens is 150 g/mol. The van der Waals surface area contributed by atoms with Crippen LogP contribution in [-0.2, 0) is 7.05 Å². The molecule has 0 aromatic carbocycles. The van der Waals surface area contributed by atoms with E-state index in [4.69, 9.17) is 5.73 Å². The summed E-state index contributed by atoms with van der Waals surface area (Å²) < 4.78 is 1.94. The fourth-order valence-electron chi connectivity index (χ4n) is 1.65. The molecule has 1 atom stereocenters. The predicted octanol–water partition coefficient (Wildman–Crippen LogP) is 1.18. The van der Waals surface area contributed by atoms with Crippen molar-refractivity contribution in [1.82, 2.24) is 9.78 Å². The SMILES string of the molecule is Cc1cnn(C)c1C(C)CCN. The highest BCUT2D eigenvalue weighted by Crippen LogP contribution is 2.20. The van der Waals surface area contributed by atoms with Crippen molar-refractivity contribution in [2.75, 3.05) is 6.54 Å². The van der Waals surface area contributed by atoms with Crippen molar-refractivity contribution < 1.29 is 0 Å². The molecular formula is C9H17N3. The monoisotopic (exact) mass is 167 g/mol. The highest BCUT2D eigenvalue weighted by atomic mass is 15.3. The summed E-state index contributed by atoms with van der Waals surface area (Å²) in [6.07, 6.45) is 2.93. The van der Waals surface area contributed by atoms with Crippen molar-refractivity contribution in [2.45, 2.75) is 26.2 Å². The number of aromatic nitrogens is 2. The first-order valence-corrected chi connectivity index (χ1v) is 4.35. The van der Waals surface area contributed by atoms with Crippen LogP contribution in [0.2, 0.25) is 0 Å². The lowest BCUT2D eigenvalue weighted by atomic mass is 10.0. The Hall–Kier alpha value is -0.830. The number of aryl methyl sites for hydroxylation is 2. The molecule has 0 spiro atoms. The molecule has 68 valence electrons. The molecule has 0 radical (unpaired) electrons. The minimum Gasteiger partial charge on any atom is -0.330 e. The van der Waals surface area contributed by atoms with Crippen molar-refractivity contribution >= 4 is 0 Å². The van der Waals surface area contributed by atoms with Gasteiger partial charge in [0, 0.05) is 12.7 Å². The Labute approximate surface area is 73.6 Å². The van der Waals surface area contributed by atoms with Crippen LogP contribution in [0.3, 0.4) is 0 Å². The average Bonchev–Trinajstić information content (AvgIpc) is 2.32. The number of nitrogens with two attached hydrogens (primary N) is 1. The maximum atomic E-state index is 5.51. The third-order valence-corrected chi connectivity index (χ3v) is 2.24. The number of hydrogen-bond acceptors (Lipinski definition) is 2. The Balaban J connectivity index is 2.85. The normalized spacial score (nSPS) is 13.3. The Kier molecular flexibility index (Phi) is 2.87. The van der Waals surface area contributed by atoms with Crippen LogP contribution in [-0.4, -0.2) is 16.3 Å². The quantitative estimate of drug-likeness (QED) is 0.734. The molecule has 0 aliphatic carbocycles. The minimum atomic E-state index is 0.516. The summed E-state index contributed by atoms with van der Waals surface area (Å²) in [7, 11) is 1.98. The summed E-state index contributed by atoms with van der Waals surface area (Å²) in [6, 6.07) is 0. The van der Waals surface area contributed by atoms with Crippen LogP contribution in [0.4, 0.5) is 0 Å². The van der Waals surface area contributed by atoms with Gasteiger partial charge in [0.1, 0.15) is 0 Å². The Morgan fingerprint density at radius 2 is 2.33 bits per heavy atom. The van der Waals surface area contributed by atoms with E-state index in [0.29, 0.717) is 5.92 Å². The van der Waals surface area contributed by atoms with Gasteiger partial charge in [-0.15, -0.1) is 0 Å². The van der Waals surface area contributed by atoms with Crippen LogP contribution in [0.25, 0.3) is 0 Å². The molecule has 1 unspecified atom stereocenters. The third-order valence-electron chi connectivity index (χ3n) is 2.24. The molecule has 0 aliphatic heterocycles. The summed E-state index contributed by atoms with van der Waals surface area (Å²) in [4.78, 5) is 0. The maximum absolute atomic E-state index is 5.51. The van der Waals surface area contributed by atoms with Crippen molar-refractivity contribution in [3.05, 3.63) is 17.5 Å². The lowest BCUT2D eigenvalue weighted by Gasteiger charge is -2.11. The second-order valence-corrected chi connectivity index (χ2v) is 3.31. The molecule has 0 fully saturated rings. The van der Waals surface area contributed by atoms with Crippen molar-refractivity contribution in [2.24, 2.45) is 12.8 Å². The van der Waals surface area contributed by atoms with E-state index in [0.717, 1.165) is 13.0 Å². The average molecular weight is 167 g/mol. The summed E-state index contributed by atoms with van der Waals surface area (Å²) in [5, 5.41) is 4.20. The standard InChI is InChI=1S/C9H17N3/c1-7(4-5-10)9-8(2)6-11-12(9)3/h6-7H,4-5,10H2,1-3H3. The third kappa shape index (κ3) is 1.67. The molecule has 3 heteroatoms. The largest absolute Gasteiger partial charge is 0.330 e. The van der Waals surface area contributed by atoms with Crippen LogP contribution in [0.5, 0.6) is 0 Å². The first-order valence-electron chi connectivity index (χ1n) is 4.35. The summed E-state index contributed by atoms with van der Waals surface area (Å²) in [5.74, 6) is 0.516. The zero-order valence-corrected chi connectivity index (χ0v) is 8.04. The van der Waals surface area contributed by atoms with Crippen molar-refractivity contribution in [3.63, 3.8) is 0 Å². The van der Waals surface area contributed by atoms with Crippen LogP contribution in [0.15, 0.2) is 6.20 Å². The molecule has 1 aromatic rings. The van der Waals surface area contributed by atoms with Gasteiger partial charge in [-0.05, 0) is 31.4 Å². The molecule has 0 aliphatic rings. The van der Waals surface area contributed by atoms with Crippen LogP contribution < -0.4 is 5.73 Å². The van der Waals surface area contributed by atoms with E-state index in [2.05, 4.69) is 18.9 Å². The molecule has 1 heterocycles. The van der Waals surface area contributed by atoms with E-state index < -0.39 is 0 Å². The van der Waals surface area contributed by atoms with Gasteiger partial charge in [0.05, 0.1) is 6.20 Å². The highest BCUT2D eigenvalue weighted by molar-refractivity contribution is 5.19. The predicted molar refractivity (Wildman–Crippen MR) is 50.0 cm³/mol. The van der Waals surface area contributed by atoms with Gasteiger partial charge in [-0.25, -0.2) is 0 Å². The zero-order valence-electron chi connectivity index (χ0n) is 8.04. The second kappa shape index (κ2) is 3.72. The lowest BCUT2D eigenvalue weighted by Crippen LogP contribution is -2.09. The molecule has 0 saturated carbocycles. The molecule has 12 heavy (non-hydrogen) atoms. The second-order valence-electron chi connectivity index (χ2n) is 3.31. The molecule has 3 nitrogen and oxygen atoms in total. The molecule has 0 bridgehead atoms. The first-order chi connectivity index (χ1) is 5.66. The van der Waals surface area contributed by atoms with Gasteiger partial charge in [0.2, 0.25) is 0 Å². The van der Waals surface area contributed by atoms with Crippen molar-refractivity contribution in [3.8, 4) is 0 Å². The van der Waals surface area contributed by atoms with Gasteiger partial charge in [0.15, 0.2) is 0 Å². The van der Waals surface area contributed by atoms with E-state index in [1.165, 1.54) is 11.3 Å². The van der Waals surface area contributed by atoms with E-state index >= 15 is 0 Å². The van der Waals surface area contributed by atoms with Gasteiger partial charge in [-0.2, -0.15) is 5.10 Å². The van der Waals surface area contributed by atoms with Gasteiger partial charge in [0.25, 0.3) is 0 Å². The fraction of sp³-hybridized carbons (Fsp3) is 0.667. The van der Waals surface area contributed by atoms with E-state index in [1.807, 2.05) is 17.9 Å². The summed E-state index contributed by atoms with van der Waals surface area (Å²) >= 11 is 0. The fourth-order valence-corrected chi connectivity index (χ4v) is 1.65. The number of rotatable bonds is 3. The number of hydrogen-bond donors (Lipinski definition) is 1. The minimum absolute atomic E-state index is 0.516. The van der Waals surface area contributed by atoms with Gasteiger partial charge in [-0.1, -0.05) is 6.92 Å². The first kappa shape index (κ1) is 9.26.